The standard InChI is InChI=1S/C29H28N2O3/c1-19-14-25(24-12-10-23(11-13-24)22-8-6-5-7-9-22)16-26(15-19)31(29(32)33)18-27-21(3)28(34-4)20(2)17-30-27/h5-17H,18H2,1-4H3,(H,32,33). The van der Waals surface area contributed by atoms with Crippen LogP contribution < -0.4 is 9.64 Å². The van der Waals surface area contributed by atoms with Crippen molar-refractivity contribution in [2.24, 2.45) is 0 Å². The number of nitrogens with zero attached hydrogens (tertiary/aromatic N) is 2. The van der Waals surface area contributed by atoms with Crippen molar-refractivity contribution in [3.63, 3.8) is 0 Å². The quantitative estimate of drug-likeness (QED) is 0.341. The molecule has 0 atom stereocenters. The Morgan fingerprint density at radius 3 is 2.12 bits per heavy atom. The maximum atomic E-state index is 12.3. The first-order chi connectivity index (χ1) is 16.4. The minimum absolute atomic E-state index is 0.133. The highest BCUT2D eigenvalue weighted by atomic mass is 16.5. The first-order valence-electron chi connectivity index (χ1n) is 11.1. The van der Waals surface area contributed by atoms with Crippen molar-refractivity contribution < 1.29 is 14.6 Å². The van der Waals surface area contributed by atoms with E-state index < -0.39 is 6.09 Å². The van der Waals surface area contributed by atoms with Gasteiger partial charge in [-0.05, 0) is 60.7 Å². The van der Waals surface area contributed by atoms with E-state index in [-0.39, 0.29) is 6.54 Å². The lowest BCUT2D eigenvalue weighted by Gasteiger charge is -2.22. The minimum atomic E-state index is -1.03. The summed E-state index contributed by atoms with van der Waals surface area (Å²) < 4.78 is 5.50. The van der Waals surface area contributed by atoms with Crippen molar-refractivity contribution in [1.29, 1.82) is 0 Å². The minimum Gasteiger partial charge on any atom is -0.496 e. The SMILES string of the molecule is COc1c(C)cnc(CN(C(=O)O)c2cc(C)cc(-c3ccc(-c4ccccc4)cc3)c2)c1C. The molecule has 0 saturated carbocycles. The van der Waals surface area contributed by atoms with Gasteiger partial charge >= 0.3 is 6.09 Å². The van der Waals surface area contributed by atoms with Gasteiger partial charge in [0.2, 0.25) is 0 Å². The number of amides is 1. The van der Waals surface area contributed by atoms with Gasteiger partial charge in [0.05, 0.1) is 19.3 Å². The van der Waals surface area contributed by atoms with Gasteiger partial charge < -0.3 is 9.84 Å². The van der Waals surface area contributed by atoms with Gasteiger partial charge in [0.25, 0.3) is 0 Å². The third-order valence-corrected chi connectivity index (χ3v) is 5.99. The number of carbonyl (C=O) groups is 1. The predicted molar refractivity (Wildman–Crippen MR) is 137 cm³/mol. The zero-order chi connectivity index (χ0) is 24.2. The zero-order valence-electron chi connectivity index (χ0n) is 19.9. The lowest BCUT2D eigenvalue weighted by atomic mass is 9.98. The summed E-state index contributed by atoms with van der Waals surface area (Å²) in [7, 11) is 1.62. The second-order valence-electron chi connectivity index (χ2n) is 8.42. The number of aromatic nitrogens is 1. The Morgan fingerprint density at radius 1 is 0.882 bits per heavy atom. The largest absolute Gasteiger partial charge is 0.496 e. The molecule has 0 spiro atoms. The van der Waals surface area contributed by atoms with Gasteiger partial charge in [-0.1, -0.05) is 60.7 Å². The number of pyridine rings is 1. The van der Waals surface area contributed by atoms with E-state index >= 15 is 0 Å². The molecule has 1 amide bonds. The van der Waals surface area contributed by atoms with E-state index in [1.165, 1.54) is 4.90 Å². The van der Waals surface area contributed by atoms with E-state index in [1.54, 1.807) is 13.3 Å². The van der Waals surface area contributed by atoms with E-state index in [4.69, 9.17) is 4.74 Å². The Kier molecular flexibility index (Phi) is 6.64. The fraction of sp³-hybridized carbons (Fsp3) is 0.172. The summed E-state index contributed by atoms with van der Waals surface area (Å²) in [5.74, 6) is 0.735. The molecule has 0 unspecified atom stereocenters. The number of hydrogen-bond donors (Lipinski definition) is 1. The van der Waals surface area contributed by atoms with Crippen molar-refractivity contribution in [1.82, 2.24) is 4.98 Å². The molecule has 1 N–H and O–H groups in total. The summed E-state index contributed by atoms with van der Waals surface area (Å²) in [6.07, 6.45) is 0.689. The van der Waals surface area contributed by atoms with Crippen LogP contribution in [0.4, 0.5) is 10.5 Å². The summed E-state index contributed by atoms with van der Waals surface area (Å²) in [5, 5.41) is 10.0. The number of aryl methyl sites for hydroxylation is 2. The molecule has 1 aromatic heterocycles. The van der Waals surface area contributed by atoms with Crippen LogP contribution in [-0.2, 0) is 6.54 Å². The van der Waals surface area contributed by atoms with Crippen LogP contribution in [0.1, 0.15) is 22.4 Å². The molecule has 0 bridgehead atoms. The summed E-state index contributed by atoms with van der Waals surface area (Å²) in [5.41, 5.74) is 8.31. The number of rotatable bonds is 6. The van der Waals surface area contributed by atoms with E-state index in [0.717, 1.165) is 44.7 Å². The van der Waals surface area contributed by atoms with Crippen molar-refractivity contribution in [2.75, 3.05) is 12.0 Å². The van der Waals surface area contributed by atoms with Gasteiger partial charge in [0.15, 0.2) is 0 Å². The van der Waals surface area contributed by atoms with Crippen LogP contribution in [0.5, 0.6) is 5.75 Å². The Labute approximate surface area is 200 Å². The topological polar surface area (TPSA) is 62.7 Å². The maximum absolute atomic E-state index is 12.3. The van der Waals surface area contributed by atoms with Crippen molar-refractivity contribution in [3.8, 4) is 28.0 Å². The molecular formula is C29H28N2O3. The van der Waals surface area contributed by atoms with Crippen LogP contribution >= 0.6 is 0 Å². The van der Waals surface area contributed by atoms with Gasteiger partial charge in [-0.25, -0.2) is 4.79 Å². The number of methoxy groups -OCH3 is 1. The molecule has 1 heterocycles. The molecule has 0 aliphatic rings. The van der Waals surface area contributed by atoms with Crippen molar-refractivity contribution in [2.45, 2.75) is 27.3 Å². The predicted octanol–water partition coefficient (Wildman–Crippen LogP) is 7.03. The second-order valence-corrected chi connectivity index (χ2v) is 8.42. The third-order valence-electron chi connectivity index (χ3n) is 5.99. The number of hydrogen-bond acceptors (Lipinski definition) is 3. The summed E-state index contributed by atoms with van der Waals surface area (Å²) in [4.78, 5) is 18.1. The average molecular weight is 453 g/mol. The second kappa shape index (κ2) is 9.79. The van der Waals surface area contributed by atoms with Crippen molar-refractivity contribution >= 4 is 11.8 Å². The summed E-state index contributed by atoms with van der Waals surface area (Å²) in [6.45, 7) is 5.94. The van der Waals surface area contributed by atoms with Gasteiger partial charge in [0, 0.05) is 23.0 Å². The number of benzene rings is 3. The smallest absolute Gasteiger partial charge is 0.412 e. The fourth-order valence-electron chi connectivity index (χ4n) is 4.22. The number of anilines is 1. The third kappa shape index (κ3) is 4.79. The first kappa shape index (κ1) is 23.1. The molecule has 0 aliphatic carbocycles. The van der Waals surface area contributed by atoms with E-state index in [9.17, 15) is 9.90 Å². The molecule has 0 radical (unpaired) electrons. The molecule has 0 fully saturated rings. The highest BCUT2D eigenvalue weighted by Gasteiger charge is 2.20. The monoisotopic (exact) mass is 452 g/mol. The molecule has 5 nitrogen and oxygen atoms in total. The van der Waals surface area contributed by atoms with Gasteiger partial charge in [-0.2, -0.15) is 0 Å². The van der Waals surface area contributed by atoms with Crippen LogP contribution in [0, 0.1) is 20.8 Å². The lowest BCUT2D eigenvalue weighted by molar-refractivity contribution is 0.201. The van der Waals surface area contributed by atoms with E-state index in [1.807, 2.05) is 51.1 Å². The molecule has 3 aromatic carbocycles. The van der Waals surface area contributed by atoms with Crippen LogP contribution in [0.15, 0.2) is 79.0 Å². The maximum Gasteiger partial charge on any atom is 0.412 e. The van der Waals surface area contributed by atoms with E-state index in [0.29, 0.717) is 11.4 Å². The van der Waals surface area contributed by atoms with Gasteiger partial charge in [-0.15, -0.1) is 0 Å². The molecule has 0 aliphatic heterocycles. The Morgan fingerprint density at radius 2 is 1.50 bits per heavy atom. The van der Waals surface area contributed by atoms with Gasteiger partial charge in [-0.3, -0.25) is 9.88 Å². The van der Waals surface area contributed by atoms with Crippen LogP contribution in [0.25, 0.3) is 22.3 Å². The average Bonchev–Trinajstić information content (AvgIpc) is 2.84. The Bertz CT molecular complexity index is 1320. The van der Waals surface area contributed by atoms with Crippen molar-refractivity contribution in [3.05, 3.63) is 101 Å². The van der Waals surface area contributed by atoms with Crippen LogP contribution in [0.3, 0.4) is 0 Å². The Balaban J connectivity index is 1.68. The first-order valence-corrected chi connectivity index (χ1v) is 11.1. The fourth-order valence-corrected chi connectivity index (χ4v) is 4.22. The van der Waals surface area contributed by atoms with Gasteiger partial charge in [0.1, 0.15) is 5.75 Å². The molecule has 4 aromatic rings. The van der Waals surface area contributed by atoms with Crippen LogP contribution in [-0.4, -0.2) is 23.3 Å². The highest BCUT2D eigenvalue weighted by Crippen LogP contribution is 2.31. The zero-order valence-corrected chi connectivity index (χ0v) is 19.9. The molecule has 4 rings (SSSR count). The molecule has 172 valence electrons. The van der Waals surface area contributed by atoms with E-state index in [2.05, 4.69) is 47.4 Å². The van der Waals surface area contributed by atoms with Crippen LogP contribution in [0.2, 0.25) is 0 Å². The normalized spacial score (nSPS) is 10.7. The molecular weight excluding hydrogens is 424 g/mol. The number of ether oxygens (including phenoxy) is 1. The Hall–Kier alpha value is -4.12. The molecule has 5 heteroatoms. The highest BCUT2D eigenvalue weighted by molar-refractivity contribution is 5.87. The summed E-state index contributed by atoms with van der Waals surface area (Å²) in [6, 6.07) is 24.4. The molecule has 0 saturated heterocycles. The molecule has 34 heavy (non-hydrogen) atoms. The number of carboxylic acid groups (broad SMARTS) is 1. The summed E-state index contributed by atoms with van der Waals surface area (Å²) >= 11 is 0. The lowest BCUT2D eigenvalue weighted by Crippen LogP contribution is -2.29.